The van der Waals surface area contributed by atoms with Crippen LogP contribution in [0, 0.1) is 11.6 Å². The topological polar surface area (TPSA) is 21.6 Å². The summed E-state index contributed by atoms with van der Waals surface area (Å²) in [5, 5.41) is 1.96. The van der Waals surface area contributed by atoms with Crippen molar-refractivity contribution in [2.24, 2.45) is 4.99 Å². The van der Waals surface area contributed by atoms with E-state index in [9.17, 15) is 8.78 Å². The molecule has 0 saturated heterocycles. The minimum absolute atomic E-state index is 0.400. The summed E-state index contributed by atoms with van der Waals surface area (Å²) in [6.45, 7) is 2.80. The second-order valence-electron chi connectivity index (χ2n) is 5.14. The zero-order valence-corrected chi connectivity index (χ0v) is 14.1. The van der Waals surface area contributed by atoms with Crippen LogP contribution < -0.4 is 4.74 Å². The number of halogens is 2. The average molecular weight is 345 g/mol. The summed E-state index contributed by atoms with van der Waals surface area (Å²) in [5.74, 6) is -0.738. The molecule has 0 saturated carbocycles. The van der Waals surface area contributed by atoms with E-state index in [0.717, 1.165) is 24.2 Å². The highest BCUT2D eigenvalue weighted by Crippen LogP contribution is 2.24. The molecular formula is C19H17F2NOS. The summed E-state index contributed by atoms with van der Waals surface area (Å²) in [6.07, 6.45) is 5.50. The molecule has 0 unspecified atom stereocenters. The second-order valence-corrected chi connectivity index (χ2v) is 5.32. The minimum Gasteiger partial charge on any atom is -0.494 e. The number of nitrogens with zero attached hydrogens (tertiary/aromatic N) is 1. The van der Waals surface area contributed by atoms with Gasteiger partial charge < -0.3 is 4.74 Å². The third-order valence-corrected chi connectivity index (χ3v) is 3.40. The number of isothiocyanates is 1. The molecule has 0 radical (unpaired) electrons. The minimum atomic E-state index is -0.772. The zero-order chi connectivity index (χ0) is 17.4. The molecule has 124 valence electrons. The van der Waals surface area contributed by atoms with E-state index in [4.69, 9.17) is 4.74 Å². The Morgan fingerprint density at radius 2 is 1.71 bits per heavy atom. The van der Waals surface area contributed by atoms with Crippen molar-refractivity contribution >= 4 is 35.2 Å². The van der Waals surface area contributed by atoms with Crippen LogP contribution in [0.1, 0.15) is 30.9 Å². The smallest absolute Gasteiger partial charge is 0.153 e. The SMILES string of the molecule is CCCCOc1ccc(C=Cc2cc(F)c(N=C=S)c(F)c2)cc1. The van der Waals surface area contributed by atoms with Crippen molar-refractivity contribution in [2.75, 3.05) is 6.61 Å². The lowest BCUT2D eigenvalue weighted by Gasteiger charge is -2.05. The molecule has 0 heterocycles. The summed E-state index contributed by atoms with van der Waals surface area (Å²) >= 11 is 4.37. The van der Waals surface area contributed by atoms with E-state index < -0.39 is 17.3 Å². The van der Waals surface area contributed by atoms with Gasteiger partial charge in [-0.3, -0.25) is 0 Å². The molecule has 0 spiro atoms. The van der Waals surface area contributed by atoms with Crippen LogP contribution in [0.25, 0.3) is 12.2 Å². The molecule has 0 fully saturated rings. The fraction of sp³-hybridized carbons (Fsp3) is 0.211. The number of thiocarbonyl (C=S) groups is 1. The highest BCUT2D eigenvalue weighted by Gasteiger charge is 2.08. The fourth-order valence-corrected chi connectivity index (χ4v) is 2.13. The molecule has 0 aliphatic heterocycles. The Morgan fingerprint density at radius 1 is 1.08 bits per heavy atom. The van der Waals surface area contributed by atoms with Gasteiger partial charge in [0, 0.05) is 0 Å². The Labute approximate surface area is 145 Å². The van der Waals surface area contributed by atoms with Crippen LogP contribution in [0.2, 0.25) is 0 Å². The number of benzene rings is 2. The standard InChI is InChI=1S/C19H17F2NOS/c1-2-3-10-23-16-8-6-14(7-9-16)4-5-15-11-17(20)19(22-13-24)18(21)12-15/h4-9,11-12H,2-3,10H2,1H3. The molecule has 2 aromatic carbocycles. The lowest BCUT2D eigenvalue weighted by molar-refractivity contribution is 0.309. The van der Waals surface area contributed by atoms with Crippen LogP contribution in [0.15, 0.2) is 41.4 Å². The van der Waals surface area contributed by atoms with Crippen LogP contribution in [-0.2, 0) is 0 Å². The lowest BCUT2D eigenvalue weighted by Crippen LogP contribution is -1.95. The second kappa shape index (κ2) is 9.06. The van der Waals surface area contributed by atoms with E-state index >= 15 is 0 Å². The highest BCUT2D eigenvalue weighted by atomic mass is 32.1. The quantitative estimate of drug-likeness (QED) is 0.264. The largest absolute Gasteiger partial charge is 0.494 e. The maximum absolute atomic E-state index is 13.8. The summed E-state index contributed by atoms with van der Waals surface area (Å²) in [5.41, 5.74) is 0.881. The predicted molar refractivity (Wildman–Crippen MR) is 96.8 cm³/mol. The van der Waals surface area contributed by atoms with Gasteiger partial charge >= 0.3 is 0 Å². The van der Waals surface area contributed by atoms with Gasteiger partial charge in [-0.05, 0) is 54.0 Å². The summed E-state index contributed by atoms with van der Waals surface area (Å²) in [6, 6.07) is 9.91. The van der Waals surface area contributed by atoms with Gasteiger partial charge in [-0.1, -0.05) is 37.6 Å². The lowest BCUT2D eigenvalue weighted by atomic mass is 10.1. The molecule has 0 atom stereocenters. The number of rotatable bonds is 7. The van der Waals surface area contributed by atoms with Gasteiger partial charge in [-0.15, -0.1) is 0 Å². The predicted octanol–water partition coefficient (Wildman–Crippen LogP) is 6.05. The molecule has 0 amide bonds. The van der Waals surface area contributed by atoms with E-state index in [1.165, 1.54) is 12.1 Å². The molecule has 24 heavy (non-hydrogen) atoms. The zero-order valence-electron chi connectivity index (χ0n) is 13.3. The molecule has 0 aliphatic rings. The van der Waals surface area contributed by atoms with E-state index in [1.807, 2.05) is 29.4 Å². The van der Waals surface area contributed by atoms with Crippen molar-refractivity contribution in [3.63, 3.8) is 0 Å². The van der Waals surface area contributed by atoms with Gasteiger partial charge in [0.2, 0.25) is 0 Å². The van der Waals surface area contributed by atoms with Gasteiger partial charge in [0.15, 0.2) is 11.6 Å². The summed E-state index contributed by atoms with van der Waals surface area (Å²) < 4.78 is 33.1. The fourth-order valence-electron chi connectivity index (χ4n) is 2.04. The molecule has 2 rings (SSSR count). The van der Waals surface area contributed by atoms with E-state index in [1.54, 1.807) is 12.2 Å². The number of unbranched alkanes of at least 4 members (excludes halogenated alkanes) is 1. The van der Waals surface area contributed by atoms with E-state index in [-0.39, 0.29) is 0 Å². The van der Waals surface area contributed by atoms with Gasteiger partial charge in [0.25, 0.3) is 0 Å². The van der Waals surface area contributed by atoms with Crippen molar-refractivity contribution in [3.8, 4) is 5.75 Å². The Morgan fingerprint density at radius 3 is 2.29 bits per heavy atom. The summed E-state index contributed by atoms with van der Waals surface area (Å²) in [4.78, 5) is 3.38. The molecule has 2 aromatic rings. The monoisotopic (exact) mass is 345 g/mol. The third kappa shape index (κ3) is 5.08. The number of ether oxygens (including phenoxy) is 1. The number of aliphatic imine (C=N–C) groups is 1. The van der Waals surface area contributed by atoms with Crippen LogP contribution >= 0.6 is 12.2 Å². The van der Waals surface area contributed by atoms with Crippen molar-refractivity contribution in [2.45, 2.75) is 19.8 Å². The van der Waals surface area contributed by atoms with E-state index in [2.05, 4.69) is 24.1 Å². The molecule has 0 aliphatic carbocycles. The molecule has 0 aromatic heterocycles. The van der Waals surface area contributed by atoms with Crippen molar-refractivity contribution in [1.29, 1.82) is 0 Å². The Hall–Kier alpha value is -2.36. The van der Waals surface area contributed by atoms with Crippen molar-refractivity contribution in [1.82, 2.24) is 0 Å². The van der Waals surface area contributed by atoms with Crippen molar-refractivity contribution < 1.29 is 13.5 Å². The van der Waals surface area contributed by atoms with Crippen LogP contribution in [-0.4, -0.2) is 11.8 Å². The molecule has 0 bridgehead atoms. The number of hydrogen-bond acceptors (Lipinski definition) is 3. The average Bonchev–Trinajstić information content (AvgIpc) is 2.58. The third-order valence-electron chi connectivity index (χ3n) is 3.31. The highest BCUT2D eigenvalue weighted by molar-refractivity contribution is 7.78. The van der Waals surface area contributed by atoms with Crippen molar-refractivity contribution in [3.05, 3.63) is 59.2 Å². The van der Waals surface area contributed by atoms with Gasteiger partial charge in [0.05, 0.1) is 11.8 Å². The Bertz CT molecular complexity index is 742. The Kier molecular flexibility index (Phi) is 6.79. The van der Waals surface area contributed by atoms with E-state index in [0.29, 0.717) is 12.2 Å². The van der Waals surface area contributed by atoms with Gasteiger partial charge in [0.1, 0.15) is 11.4 Å². The first-order chi connectivity index (χ1) is 11.6. The molecular weight excluding hydrogens is 328 g/mol. The molecule has 0 N–H and O–H groups in total. The number of hydrogen-bond donors (Lipinski definition) is 0. The van der Waals surface area contributed by atoms with Gasteiger partial charge in [-0.25, -0.2) is 8.78 Å². The first kappa shape index (κ1) is 18.0. The van der Waals surface area contributed by atoms with Crippen LogP contribution in [0.5, 0.6) is 5.75 Å². The first-order valence-electron chi connectivity index (χ1n) is 7.62. The Balaban J connectivity index is 2.09. The summed E-state index contributed by atoms with van der Waals surface area (Å²) in [7, 11) is 0. The maximum atomic E-state index is 13.8. The molecule has 5 heteroatoms. The normalized spacial score (nSPS) is 10.6. The van der Waals surface area contributed by atoms with Crippen LogP contribution in [0.3, 0.4) is 0 Å². The van der Waals surface area contributed by atoms with Crippen LogP contribution in [0.4, 0.5) is 14.5 Å². The van der Waals surface area contributed by atoms with Gasteiger partial charge in [-0.2, -0.15) is 4.99 Å². The maximum Gasteiger partial charge on any atom is 0.153 e. The molecule has 2 nitrogen and oxygen atoms in total. The first-order valence-corrected chi connectivity index (χ1v) is 8.02.